The van der Waals surface area contributed by atoms with Crippen LogP contribution in [0.2, 0.25) is 0 Å². The zero-order valence-electron chi connectivity index (χ0n) is 30.8. The van der Waals surface area contributed by atoms with Crippen molar-refractivity contribution in [2.24, 2.45) is 5.92 Å². The zero-order valence-corrected chi connectivity index (χ0v) is 30.8. The van der Waals surface area contributed by atoms with Crippen molar-refractivity contribution in [1.29, 1.82) is 0 Å². The summed E-state index contributed by atoms with van der Waals surface area (Å²) in [6.07, 6.45) is 6.77. The van der Waals surface area contributed by atoms with Crippen LogP contribution in [-0.2, 0) is 9.59 Å². The van der Waals surface area contributed by atoms with Crippen LogP contribution in [0.25, 0.3) is 32.9 Å². The lowest BCUT2D eigenvalue weighted by Crippen LogP contribution is -2.54. The van der Waals surface area contributed by atoms with Gasteiger partial charge in [0, 0.05) is 80.1 Å². The predicted molar refractivity (Wildman–Crippen MR) is 203 cm³/mol. The number of nitrogens with zero attached hydrogens (tertiary/aromatic N) is 7. The third-order valence-corrected chi connectivity index (χ3v) is 11.9. The molecular formula is C41H38F4N8O4. The number of hydrogen-bond acceptors (Lipinski definition) is 9. The van der Waals surface area contributed by atoms with Crippen molar-refractivity contribution in [3.05, 3.63) is 83.8 Å². The first-order valence-electron chi connectivity index (χ1n) is 19.1. The summed E-state index contributed by atoms with van der Waals surface area (Å²) in [5.74, 6) is -2.69. The molecular weight excluding hydrogens is 744 g/mol. The molecule has 1 atom stereocenters. The van der Waals surface area contributed by atoms with E-state index in [4.69, 9.17) is 0 Å². The van der Waals surface area contributed by atoms with Gasteiger partial charge in [0.05, 0.1) is 28.4 Å². The number of hydrogen-bond donors (Lipinski definition) is 1. The molecule has 0 spiro atoms. The number of alkyl halides is 2. The van der Waals surface area contributed by atoms with E-state index in [1.165, 1.54) is 18.3 Å². The Labute approximate surface area is 324 Å². The Morgan fingerprint density at radius 2 is 1.53 bits per heavy atom. The molecule has 3 fully saturated rings. The normalized spacial score (nSPS) is 19.7. The number of anilines is 2. The van der Waals surface area contributed by atoms with Gasteiger partial charge in [-0.05, 0) is 74.0 Å². The maximum absolute atomic E-state index is 15.6. The number of aromatic nitrogens is 3. The summed E-state index contributed by atoms with van der Waals surface area (Å²) in [7, 11) is 0. The van der Waals surface area contributed by atoms with E-state index < -0.39 is 47.9 Å². The molecule has 5 aromatic rings. The van der Waals surface area contributed by atoms with Gasteiger partial charge in [-0.3, -0.25) is 43.8 Å². The molecule has 7 heterocycles. The maximum atomic E-state index is 15.6. The van der Waals surface area contributed by atoms with E-state index in [1.54, 1.807) is 30.5 Å². The molecule has 294 valence electrons. The third-order valence-electron chi connectivity index (χ3n) is 11.9. The van der Waals surface area contributed by atoms with Gasteiger partial charge < -0.3 is 9.80 Å². The van der Waals surface area contributed by atoms with E-state index in [-0.39, 0.29) is 46.2 Å². The van der Waals surface area contributed by atoms with Crippen LogP contribution >= 0.6 is 0 Å². The van der Waals surface area contributed by atoms with Crippen LogP contribution in [-0.4, -0.2) is 99.8 Å². The Kier molecular flexibility index (Phi) is 9.38. The molecule has 1 N–H and O–H groups in total. The second-order valence-electron chi connectivity index (χ2n) is 15.2. The number of imide groups is 2. The number of benzene rings is 2. The second kappa shape index (κ2) is 14.6. The van der Waals surface area contributed by atoms with E-state index in [1.807, 2.05) is 11.0 Å². The van der Waals surface area contributed by atoms with Gasteiger partial charge in [0.25, 0.3) is 11.8 Å². The lowest BCUT2D eigenvalue weighted by atomic mass is 9.93. The molecule has 0 bridgehead atoms. The van der Waals surface area contributed by atoms with E-state index >= 15 is 4.39 Å². The molecule has 12 nitrogen and oxygen atoms in total. The van der Waals surface area contributed by atoms with Crippen molar-refractivity contribution >= 4 is 56.9 Å². The van der Waals surface area contributed by atoms with Crippen LogP contribution in [0, 0.1) is 17.6 Å². The summed E-state index contributed by atoms with van der Waals surface area (Å²) in [6, 6.07) is 10.4. The average Bonchev–Trinajstić information content (AvgIpc) is 3.68. The van der Waals surface area contributed by atoms with E-state index in [9.17, 15) is 32.3 Å². The highest BCUT2D eigenvalue weighted by Gasteiger charge is 2.45. The molecule has 16 heteroatoms. The number of rotatable bonds is 8. The van der Waals surface area contributed by atoms with Crippen molar-refractivity contribution in [3.8, 4) is 11.1 Å². The Bertz CT molecular complexity index is 2460. The first-order chi connectivity index (χ1) is 27.5. The highest BCUT2D eigenvalue weighted by atomic mass is 19.3. The minimum atomic E-state index is -2.99. The largest absolute Gasteiger partial charge is 0.369 e. The van der Waals surface area contributed by atoms with Crippen molar-refractivity contribution in [3.63, 3.8) is 0 Å². The molecule has 3 saturated heterocycles. The fourth-order valence-electron chi connectivity index (χ4n) is 8.84. The summed E-state index contributed by atoms with van der Waals surface area (Å²) in [6.45, 7) is 2.40. The van der Waals surface area contributed by atoms with Gasteiger partial charge in [-0.25, -0.2) is 13.8 Å². The summed E-state index contributed by atoms with van der Waals surface area (Å²) >= 11 is 0. The number of halogens is 4. The van der Waals surface area contributed by atoms with Crippen molar-refractivity contribution in [2.75, 3.05) is 55.6 Å². The van der Waals surface area contributed by atoms with Crippen LogP contribution < -0.4 is 15.1 Å². The van der Waals surface area contributed by atoms with Crippen LogP contribution in [0.4, 0.5) is 29.1 Å². The van der Waals surface area contributed by atoms with Crippen molar-refractivity contribution in [2.45, 2.75) is 44.7 Å². The van der Waals surface area contributed by atoms with Gasteiger partial charge in [0.15, 0.2) is 17.5 Å². The highest BCUT2D eigenvalue weighted by Crippen LogP contribution is 2.37. The van der Waals surface area contributed by atoms with E-state index in [0.717, 1.165) is 68.8 Å². The van der Waals surface area contributed by atoms with Gasteiger partial charge in [-0.15, -0.1) is 0 Å². The third kappa shape index (κ3) is 6.54. The quantitative estimate of drug-likeness (QED) is 0.155. The number of pyridine rings is 2. The summed E-state index contributed by atoms with van der Waals surface area (Å²) in [5, 5.41) is 2.92. The summed E-state index contributed by atoms with van der Waals surface area (Å²) < 4.78 is 59.0. The van der Waals surface area contributed by atoms with Crippen LogP contribution in [0.1, 0.15) is 59.4 Å². The zero-order chi connectivity index (χ0) is 39.5. The fourth-order valence-corrected chi connectivity index (χ4v) is 8.84. The molecule has 4 aliphatic rings. The SMILES string of the molecule is O=C1CCC(N2C(=O)c3ccc(N4CCN(CCC5CCN(c6ncc(-c7ccc8c9cncc(F)c9n(C(F)F)c8c7)cc6F)CC5)CC4)cc3C2=O)C(=O)N1. The van der Waals surface area contributed by atoms with E-state index in [2.05, 4.69) is 25.1 Å². The molecule has 0 radical (unpaired) electrons. The van der Waals surface area contributed by atoms with Gasteiger partial charge in [-0.2, -0.15) is 8.78 Å². The minimum absolute atomic E-state index is 0.0697. The Morgan fingerprint density at radius 1 is 0.754 bits per heavy atom. The molecule has 0 saturated carbocycles. The average molecular weight is 783 g/mol. The molecule has 57 heavy (non-hydrogen) atoms. The number of carbonyl (C=O) groups is 4. The summed E-state index contributed by atoms with van der Waals surface area (Å²) in [4.78, 5) is 66.2. The number of fused-ring (bicyclic) bond motifs is 4. The number of carbonyl (C=O) groups excluding carboxylic acids is 4. The number of amides is 4. The molecule has 4 amide bonds. The van der Waals surface area contributed by atoms with Crippen LogP contribution in [0.3, 0.4) is 0 Å². The first kappa shape index (κ1) is 36.7. The maximum Gasteiger partial charge on any atom is 0.319 e. The first-order valence-corrected chi connectivity index (χ1v) is 19.1. The topological polar surface area (TPSA) is 124 Å². The number of nitrogens with one attached hydrogen (secondary N) is 1. The molecule has 3 aromatic heterocycles. The molecule has 0 aliphatic carbocycles. The van der Waals surface area contributed by atoms with Crippen molar-refractivity contribution in [1.82, 2.24) is 29.7 Å². The second-order valence-corrected chi connectivity index (χ2v) is 15.2. The Hall–Kier alpha value is -5.90. The monoisotopic (exact) mass is 782 g/mol. The Balaban J connectivity index is 0.775. The molecule has 1 unspecified atom stereocenters. The fraction of sp³-hybridized carbons (Fsp3) is 0.366. The molecule has 9 rings (SSSR count). The number of piperidine rings is 2. The predicted octanol–water partition coefficient (Wildman–Crippen LogP) is 5.75. The van der Waals surface area contributed by atoms with Crippen LogP contribution in [0.15, 0.2) is 61.1 Å². The van der Waals surface area contributed by atoms with Crippen LogP contribution in [0.5, 0.6) is 0 Å². The lowest BCUT2D eigenvalue weighted by Gasteiger charge is -2.38. The van der Waals surface area contributed by atoms with Gasteiger partial charge in [0.2, 0.25) is 11.8 Å². The smallest absolute Gasteiger partial charge is 0.319 e. The number of piperazine rings is 1. The minimum Gasteiger partial charge on any atom is -0.369 e. The van der Waals surface area contributed by atoms with Gasteiger partial charge in [0.1, 0.15) is 6.04 Å². The highest BCUT2D eigenvalue weighted by molar-refractivity contribution is 6.23. The van der Waals surface area contributed by atoms with Crippen molar-refractivity contribution < 1.29 is 36.7 Å². The van der Waals surface area contributed by atoms with Gasteiger partial charge >= 0.3 is 6.55 Å². The molecule has 2 aromatic carbocycles. The Morgan fingerprint density at radius 3 is 2.26 bits per heavy atom. The van der Waals surface area contributed by atoms with Gasteiger partial charge in [-0.1, -0.05) is 12.1 Å². The van der Waals surface area contributed by atoms with E-state index in [0.29, 0.717) is 40.1 Å². The lowest BCUT2D eigenvalue weighted by molar-refractivity contribution is -0.136. The molecule has 4 aliphatic heterocycles. The summed E-state index contributed by atoms with van der Waals surface area (Å²) in [5.41, 5.74) is 2.17. The standard InChI is InChI=1S/C41H38F4N8O4/c42-31-17-25(24-1-3-27-30-21-46-22-32(43)36(30)52(41(44)45)34(27)18-24)20-47-37(31)51-11-8-23(9-12-51)7-10-49-13-15-50(16-14-49)26-2-4-28-29(19-26)40(57)53(39(28)56)33-5-6-35(54)48-38(33)55/h1-4,17-23,33,41H,5-16H2,(H,48,54,55).